The Balaban J connectivity index is 1.48. The second-order valence-electron chi connectivity index (χ2n) is 5.16. The molecule has 2 heterocycles. The van der Waals surface area contributed by atoms with E-state index in [0.717, 1.165) is 11.3 Å². The topological polar surface area (TPSA) is 98.7 Å². The Morgan fingerprint density at radius 3 is 2.56 bits per heavy atom. The first-order valence-electron chi connectivity index (χ1n) is 7.45. The number of tetrazole rings is 1. The minimum absolute atomic E-state index is 0.211. The molecule has 4 rings (SSSR count). The average Bonchev–Trinajstić information content (AvgIpc) is 3.35. The van der Waals surface area contributed by atoms with Crippen molar-refractivity contribution < 1.29 is 9.21 Å². The molecule has 2 aromatic carbocycles. The molecule has 0 unspecified atom stereocenters. The van der Waals surface area contributed by atoms with Gasteiger partial charge in [0.05, 0.1) is 5.69 Å². The van der Waals surface area contributed by atoms with Gasteiger partial charge in [0.1, 0.15) is 12.6 Å². The number of carbonyl (C=O) groups excluding carboxylic acids is 1. The molecular formula is C17H12N6O2. The van der Waals surface area contributed by atoms with E-state index in [-0.39, 0.29) is 11.6 Å². The van der Waals surface area contributed by atoms with Gasteiger partial charge in [0, 0.05) is 11.3 Å². The maximum Gasteiger partial charge on any atom is 0.277 e. The molecule has 1 N–H and O–H groups in total. The average molecular weight is 332 g/mol. The zero-order valence-electron chi connectivity index (χ0n) is 12.9. The summed E-state index contributed by atoms with van der Waals surface area (Å²) in [5, 5.41) is 13.7. The molecule has 2 aromatic heterocycles. The number of rotatable bonds is 4. The van der Waals surface area contributed by atoms with Crippen LogP contribution < -0.4 is 5.32 Å². The Labute approximate surface area is 142 Å². The summed E-state index contributed by atoms with van der Waals surface area (Å²) in [6.45, 7) is 0. The van der Waals surface area contributed by atoms with Crippen molar-refractivity contribution >= 4 is 11.6 Å². The van der Waals surface area contributed by atoms with E-state index in [9.17, 15) is 4.79 Å². The van der Waals surface area contributed by atoms with Gasteiger partial charge in [0.15, 0.2) is 5.69 Å². The van der Waals surface area contributed by atoms with Gasteiger partial charge in [-0.1, -0.05) is 18.2 Å². The van der Waals surface area contributed by atoms with Gasteiger partial charge in [0.25, 0.3) is 5.91 Å². The van der Waals surface area contributed by atoms with Crippen molar-refractivity contribution in [1.29, 1.82) is 0 Å². The lowest BCUT2D eigenvalue weighted by molar-refractivity contribution is 0.102. The van der Waals surface area contributed by atoms with E-state index in [4.69, 9.17) is 4.42 Å². The van der Waals surface area contributed by atoms with Crippen LogP contribution >= 0.6 is 0 Å². The first-order valence-corrected chi connectivity index (χ1v) is 7.45. The molecule has 8 nitrogen and oxygen atoms in total. The second kappa shape index (κ2) is 6.36. The lowest BCUT2D eigenvalue weighted by Crippen LogP contribution is -2.12. The molecule has 122 valence electrons. The Hall–Kier alpha value is -3.81. The van der Waals surface area contributed by atoms with E-state index < -0.39 is 0 Å². The third-order valence-corrected chi connectivity index (χ3v) is 3.50. The number of aromatic nitrogens is 5. The summed E-state index contributed by atoms with van der Waals surface area (Å²) in [6, 6.07) is 16.5. The van der Waals surface area contributed by atoms with Gasteiger partial charge in [-0.3, -0.25) is 4.79 Å². The molecule has 0 bridgehead atoms. The number of hydrogen-bond donors (Lipinski definition) is 1. The molecule has 0 radical (unpaired) electrons. The van der Waals surface area contributed by atoms with Crippen LogP contribution in [0, 0.1) is 0 Å². The predicted octanol–water partition coefficient (Wildman–Crippen LogP) is 2.57. The van der Waals surface area contributed by atoms with Crippen LogP contribution in [0.5, 0.6) is 0 Å². The van der Waals surface area contributed by atoms with Crippen molar-refractivity contribution in [3.05, 3.63) is 72.9 Å². The Bertz CT molecular complexity index is 978. The number of oxazole rings is 1. The maximum absolute atomic E-state index is 12.3. The lowest BCUT2D eigenvalue weighted by Gasteiger charge is -2.04. The summed E-state index contributed by atoms with van der Waals surface area (Å²) in [7, 11) is 0. The number of anilines is 1. The molecule has 0 aliphatic rings. The fourth-order valence-corrected chi connectivity index (χ4v) is 2.26. The quantitative estimate of drug-likeness (QED) is 0.616. The molecule has 0 atom stereocenters. The van der Waals surface area contributed by atoms with Crippen molar-refractivity contribution in [2.45, 2.75) is 0 Å². The van der Waals surface area contributed by atoms with Gasteiger partial charge in [-0.05, 0) is 46.8 Å². The highest BCUT2D eigenvalue weighted by molar-refractivity contribution is 6.02. The number of amides is 1. The molecule has 1 amide bonds. The van der Waals surface area contributed by atoms with E-state index in [2.05, 4.69) is 25.8 Å². The van der Waals surface area contributed by atoms with Crippen LogP contribution in [0.2, 0.25) is 0 Å². The van der Waals surface area contributed by atoms with Crippen LogP contribution in [0.1, 0.15) is 10.5 Å². The highest BCUT2D eigenvalue weighted by atomic mass is 16.3. The van der Waals surface area contributed by atoms with Crippen LogP contribution in [-0.2, 0) is 0 Å². The number of hydrogen-bond acceptors (Lipinski definition) is 6. The molecule has 0 saturated heterocycles. The predicted molar refractivity (Wildman–Crippen MR) is 89.0 cm³/mol. The van der Waals surface area contributed by atoms with Gasteiger partial charge in [-0.2, -0.15) is 0 Å². The third kappa shape index (κ3) is 3.13. The van der Waals surface area contributed by atoms with Gasteiger partial charge in [-0.15, -0.1) is 5.10 Å². The Morgan fingerprint density at radius 1 is 1.04 bits per heavy atom. The molecule has 0 saturated carbocycles. The summed E-state index contributed by atoms with van der Waals surface area (Å²) < 4.78 is 6.90. The minimum atomic E-state index is -0.346. The van der Waals surface area contributed by atoms with E-state index >= 15 is 0 Å². The van der Waals surface area contributed by atoms with Gasteiger partial charge in [0.2, 0.25) is 5.89 Å². The highest BCUT2D eigenvalue weighted by Gasteiger charge is 2.13. The fraction of sp³-hybridized carbons (Fsp3) is 0. The van der Waals surface area contributed by atoms with Crippen molar-refractivity contribution in [2.75, 3.05) is 5.32 Å². The molecule has 0 aliphatic carbocycles. The van der Waals surface area contributed by atoms with E-state index in [1.165, 1.54) is 17.3 Å². The van der Waals surface area contributed by atoms with E-state index in [1.807, 2.05) is 30.3 Å². The van der Waals surface area contributed by atoms with Crippen molar-refractivity contribution in [1.82, 2.24) is 25.2 Å². The first kappa shape index (κ1) is 14.8. The van der Waals surface area contributed by atoms with Crippen LogP contribution in [0.25, 0.3) is 17.1 Å². The second-order valence-corrected chi connectivity index (χ2v) is 5.16. The summed E-state index contributed by atoms with van der Waals surface area (Å²) in [5.41, 5.74) is 2.44. The smallest absolute Gasteiger partial charge is 0.277 e. The number of nitrogens with zero attached hydrogens (tertiary/aromatic N) is 5. The first-order chi connectivity index (χ1) is 12.3. The number of benzene rings is 2. The summed E-state index contributed by atoms with van der Waals surface area (Å²) in [4.78, 5) is 16.5. The molecule has 4 aromatic rings. The summed E-state index contributed by atoms with van der Waals surface area (Å²) >= 11 is 0. The molecule has 25 heavy (non-hydrogen) atoms. The number of nitrogens with one attached hydrogen (secondary N) is 1. The van der Waals surface area contributed by atoms with Crippen LogP contribution in [-0.4, -0.2) is 31.1 Å². The lowest BCUT2D eigenvalue weighted by atomic mass is 10.2. The summed E-state index contributed by atoms with van der Waals surface area (Å²) in [6.07, 6.45) is 2.83. The van der Waals surface area contributed by atoms with Crippen LogP contribution in [0.15, 0.2) is 71.6 Å². The van der Waals surface area contributed by atoms with Crippen molar-refractivity contribution in [3.63, 3.8) is 0 Å². The molecule has 8 heteroatoms. The van der Waals surface area contributed by atoms with Gasteiger partial charge in [-0.25, -0.2) is 9.67 Å². The number of carbonyl (C=O) groups is 1. The van der Waals surface area contributed by atoms with E-state index in [0.29, 0.717) is 11.6 Å². The fourth-order valence-electron chi connectivity index (χ4n) is 2.26. The monoisotopic (exact) mass is 332 g/mol. The zero-order chi connectivity index (χ0) is 17.1. The normalized spacial score (nSPS) is 10.6. The van der Waals surface area contributed by atoms with Crippen LogP contribution in [0.3, 0.4) is 0 Å². The summed E-state index contributed by atoms with van der Waals surface area (Å²) in [5.74, 6) is 0.0564. The Morgan fingerprint density at radius 2 is 1.84 bits per heavy atom. The third-order valence-electron chi connectivity index (χ3n) is 3.50. The molecule has 0 spiro atoms. The minimum Gasteiger partial charge on any atom is -0.444 e. The van der Waals surface area contributed by atoms with E-state index in [1.54, 1.807) is 24.3 Å². The SMILES string of the molecule is O=C(Nc1ccc(-n2cnnn2)cc1)c1coc(-c2ccccc2)n1. The zero-order valence-corrected chi connectivity index (χ0v) is 12.9. The van der Waals surface area contributed by atoms with Gasteiger partial charge >= 0.3 is 0 Å². The Kier molecular flexibility index (Phi) is 3.76. The van der Waals surface area contributed by atoms with Crippen molar-refractivity contribution in [2.24, 2.45) is 0 Å². The van der Waals surface area contributed by atoms with Gasteiger partial charge < -0.3 is 9.73 Å². The molecule has 0 aliphatic heterocycles. The maximum atomic E-state index is 12.3. The molecule has 0 fully saturated rings. The largest absolute Gasteiger partial charge is 0.444 e. The van der Waals surface area contributed by atoms with Crippen LogP contribution in [0.4, 0.5) is 5.69 Å². The molecular weight excluding hydrogens is 320 g/mol. The van der Waals surface area contributed by atoms with Crippen molar-refractivity contribution in [3.8, 4) is 17.1 Å². The highest BCUT2D eigenvalue weighted by Crippen LogP contribution is 2.19. The standard InChI is InChI=1S/C17H12N6O2/c24-16(15-10-25-17(20-15)12-4-2-1-3-5-12)19-13-6-8-14(9-7-13)23-11-18-21-22-23/h1-11H,(H,19,24).